The molecule has 2 heterocycles. The Labute approximate surface area is 159 Å². The Kier molecular flexibility index (Phi) is 4.28. The summed E-state index contributed by atoms with van der Waals surface area (Å²) in [5.74, 6) is -0.972. The summed E-state index contributed by atoms with van der Waals surface area (Å²) < 4.78 is 42.3. The smallest absolute Gasteiger partial charge is 0.449 e. The molecule has 3 aromatic rings. The van der Waals surface area contributed by atoms with Gasteiger partial charge in [0.25, 0.3) is 0 Å². The molecular weight excluding hydrogens is 371 g/mol. The number of halogens is 3. The molecule has 0 radical (unpaired) electrons. The maximum absolute atomic E-state index is 13.7. The van der Waals surface area contributed by atoms with Gasteiger partial charge in [0, 0.05) is 18.2 Å². The van der Waals surface area contributed by atoms with Gasteiger partial charge >= 0.3 is 12.3 Å². The molecule has 0 saturated carbocycles. The zero-order valence-corrected chi connectivity index (χ0v) is 15.1. The summed E-state index contributed by atoms with van der Waals surface area (Å²) >= 11 is 0. The maximum atomic E-state index is 13.7. The van der Waals surface area contributed by atoms with Gasteiger partial charge in [0.2, 0.25) is 5.82 Å². The van der Waals surface area contributed by atoms with E-state index in [-0.39, 0.29) is 18.1 Å². The first-order valence-corrected chi connectivity index (χ1v) is 8.92. The second-order valence-corrected chi connectivity index (χ2v) is 6.98. The molecule has 0 unspecified atom stereocenters. The minimum absolute atomic E-state index is 0.00522. The molecule has 2 aromatic carbocycles. The van der Waals surface area contributed by atoms with E-state index in [1.807, 2.05) is 0 Å². The van der Waals surface area contributed by atoms with Crippen molar-refractivity contribution in [3.63, 3.8) is 0 Å². The quantitative estimate of drug-likeness (QED) is 0.677. The second-order valence-electron chi connectivity index (χ2n) is 6.98. The lowest BCUT2D eigenvalue weighted by Gasteiger charge is -2.33. The first-order chi connectivity index (χ1) is 13.3. The van der Waals surface area contributed by atoms with Gasteiger partial charge in [-0.3, -0.25) is 4.90 Å². The zero-order chi connectivity index (χ0) is 20.1. The number of anilines is 1. The first kappa shape index (κ1) is 18.3. The van der Waals surface area contributed by atoms with E-state index < -0.39 is 18.1 Å². The third kappa shape index (κ3) is 2.98. The standard InChI is InChI=1S/C20H18F3N3O2/c1-12-7-8-14-16(26(12)19(27)28)10-9-15-17(14)25(18(24-15)20(21,22)23)11-13-5-3-2-4-6-13/h2-6,9-10,12H,7-8,11H2,1H3,(H,27,28)/t12-/m0/s1. The highest BCUT2D eigenvalue weighted by Crippen LogP contribution is 2.39. The highest BCUT2D eigenvalue weighted by atomic mass is 19.4. The lowest BCUT2D eigenvalue weighted by atomic mass is 9.95. The van der Waals surface area contributed by atoms with Crippen molar-refractivity contribution in [1.29, 1.82) is 0 Å². The molecule has 0 saturated heterocycles. The molecule has 0 spiro atoms. The van der Waals surface area contributed by atoms with E-state index in [1.165, 1.54) is 15.5 Å². The topological polar surface area (TPSA) is 58.4 Å². The van der Waals surface area contributed by atoms with Crippen LogP contribution in [0.5, 0.6) is 0 Å². The number of alkyl halides is 3. The summed E-state index contributed by atoms with van der Waals surface area (Å²) in [5, 5.41) is 9.59. The number of hydrogen-bond acceptors (Lipinski definition) is 2. The number of carbonyl (C=O) groups is 1. The SMILES string of the molecule is C[C@H]1CCc2c(ccc3nc(C(F)(F)F)n(Cc4ccccc4)c23)N1C(=O)O. The molecule has 1 N–H and O–H groups in total. The summed E-state index contributed by atoms with van der Waals surface area (Å²) in [6, 6.07) is 11.6. The minimum Gasteiger partial charge on any atom is -0.465 e. The van der Waals surface area contributed by atoms with Crippen molar-refractivity contribution in [2.45, 2.75) is 38.5 Å². The van der Waals surface area contributed by atoms with E-state index in [0.29, 0.717) is 35.2 Å². The summed E-state index contributed by atoms with van der Waals surface area (Å²) in [6.45, 7) is 1.80. The fourth-order valence-corrected chi connectivity index (χ4v) is 3.90. The first-order valence-electron chi connectivity index (χ1n) is 8.92. The van der Waals surface area contributed by atoms with Crippen LogP contribution in [0.15, 0.2) is 42.5 Å². The Morgan fingerprint density at radius 2 is 1.93 bits per heavy atom. The fraction of sp³-hybridized carbons (Fsp3) is 0.300. The second kappa shape index (κ2) is 6.54. The number of amides is 1. The Morgan fingerprint density at radius 1 is 1.21 bits per heavy atom. The fourth-order valence-electron chi connectivity index (χ4n) is 3.90. The number of carboxylic acid groups (broad SMARTS) is 1. The van der Waals surface area contributed by atoms with Gasteiger partial charge in [0.1, 0.15) is 0 Å². The van der Waals surface area contributed by atoms with Crippen molar-refractivity contribution < 1.29 is 23.1 Å². The molecular formula is C20H18F3N3O2. The number of benzene rings is 2. The monoisotopic (exact) mass is 389 g/mol. The summed E-state index contributed by atoms with van der Waals surface area (Å²) in [4.78, 5) is 16.8. The molecule has 28 heavy (non-hydrogen) atoms. The van der Waals surface area contributed by atoms with Crippen LogP contribution in [0.25, 0.3) is 11.0 Å². The number of hydrogen-bond donors (Lipinski definition) is 1. The van der Waals surface area contributed by atoms with Crippen molar-refractivity contribution in [3.8, 4) is 0 Å². The van der Waals surface area contributed by atoms with E-state index in [2.05, 4.69) is 4.98 Å². The zero-order valence-electron chi connectivity index (χ0n) is 15.1. The Hall–Kier alpha value is -3.03. The molecule has 1 aliphatic rings. The highest BCUT2D eigenvalue weighted by molar-refractivity contribution is 5.94. The highest BCUT2D eigenvalue weighted by Gasteiger charge is 2.39. The van der Waals surface area contributed by atoms with Gasteiger partial charge in [-0.15, -0.1) is 0 Å². The van der Waals surface area contributed by atoms with Gasteiger partial charge in [0.15, 0.2) is 0 Å². The molecule has 1 aliphatic heterocycles. The molecule has 1 aromatic heterocycles. The molecule has 1 atom stereocenters. The maximum Gasteiger partial charge on any atom is 0.449 e. The molecule has 0 fully saturated rings. The Balaban J connectivity index is 1.98. The van der Waals surface area contributed by atoms with Crippen LogP contribution in [0.1, 0.15) is 30.3 Å². The van der Waals surface area contributed by atoms with Gasteiger partial charge in [-0.2, -0.15) is 13.2 Å². The summed E-state index contributed by atoms with van der Waals surface area (Å²) in [7, 11) is 0. The molecule has 4 rings (SSSR count). The number of imidazole rings is 1. The van der Waals surface area contributed by atoms with Gasteiger partial charge in [-0.25, -0.2) is 9.78 Å². The minimum atomic E-state index is -4.62. The van der Waals surface area contributed by atoms with Crippen LogP contribution in [0, 0.1) is 0 Å². The molecule has 5 nitrogen and oxygen atoms in total. The third-order valence-electron chi connectivity index (χ3n) is 5.14. The number of aryl methyl sites for hydroxylation is 1. The molecule has 0 aliphatic carbocycles. The van der Waals surface area contributed by atoms with Crippen LogP contribution >= 0.6 is 0 Å². The third-order valence-corrected chi connectivity index (χ3v) is 5.14. The van der Waals surface area contributed by atoms with Crippen molar-refractivity contribution in [1.82, 2.24) is 9.55 Å². The van der Waals surface area contributed by atoms with Gasteiger partial charge in [0.05, 0.1) is 16.7 Å². The number of fused-ring (bicyclic) bond motifs is 3. The van der Waals surface area contributed by atoms with E-state index in [0.717, 1.165) is 0 Å². The average Bonchev–Trinajstić information content (AvgIpc) is 3.01. The number of nitrogens with zero attached hydrogens (tertiary/aromatic N) is 3. The van der Waals surface area contributed by atoms with Crippen LogP contribution < -0.4 is 4.90 Å². The summed E-state index contributed by atoms with van der Waals surface area (Å²) in [5.41, 5.74) is 2.32. The van der Waals surface area contributed by atoms with Crippen molar-refractivity contribution in [3.05, 3.63) is 59.4 Å². The van der Waals surface area contributed by atoms with Crippen LogP contribution in [0.4, 0.5) is 23.7 Å². The summed E-state index contributed by atoms with van der Waals surface area (Å²) in [6.07, 6.45) is -4.70. The van der Waals surface area contributed by atoms with Crippen LogP contribution in [-0.2, 0) is 19.1 Å². The molecule has 1 amide bonds. The molecule has 0 bridgehead atoms. The predicted octanol–water partition coefficient (Wildman–Crippen LogP) is 4.92. The predicted molar refractivity (Wildman–Crippen MR) is 98.6 cm³/mol. The molecule has 8 heteroatoms. The van der Waals surface area contributed by atoms with Crippen molar-refractivity contribution in [2.24, 2.45) is 0 Å². The van der Waals surface area contributed by atoms with Gasteiger partial charge in [-0.1, -0.05) is 30.3 Å². The van der Waals surface area contributed by atoms with E-state index in [1.54, 1.807) is 43.3 Å². The van der Waals surface area contributed by atoms with Crippen LogP contribution in [-0.4, -0.2) is 26.8 Å². The van der Waals surface area contributed by atoms with Crippen LogP contribution in [0.2, 0.25) is 0 Å². The molecule has 146 valence electrons. The van der Waals surface area contributed by atoms with Crippen LogP contribution in [0.3, 0.4) is 0 Å². The largest absolute Gasteiger partial charge is 0.465 e. The number of rotatable bonds is 2. The van der Waals surface area contributed by atoms with Gasteiger partial charge in [-0.05, 0) is 37.5 Å². The average molecular weight is 389 g/mol. The van der Waals surface area contributed by atoms with Crippen molar-refractivity contribution in [2.75, 3.05) is 4.90 Å². The van der Waals surface area contributed by atoms with E-state index in [9.17, 15) is 23.1 Å². The van der Waals surface area contributed by atoms with Crippen molar-refractivity contribution >= 4 is 22.8 Å². The Bertz CT molecular complexity index is 1040. The van der Waals surface area contributed by atoms with E-state index in [4.69, 9.17) is 0 Å². The van der Waals surface area contributed by atoms with Gasteiger partial charge < -0.3 is 9.67 Å². The number of aromatic nitrogens is 2. The van der Waals surface area contributed by atoms with E-state index >= 15 is 0 Å². The lowest BCUT2D eigenvalue weighted by Crippen LogP contribution is -2.41. The normalized spacial score (nSPS) is 17.0. The lowest BCUT2D eigenvalue weighted by molar-refractivity contribution is -0.146. The Morgan fingerprint density at radius 3 is 2.57 bits per heavy atom.